The van der Waals surface area contributed by atoms with Gasteiger partial charge < -0.3 is 5.32 Å². The molecule has 1 rings (SSSR count). The lowest BCUT2D eigenvalue weighted by Gasteiger charge is -2.13. The van der Waals surface area contributed by atoms with E-state index in [1.807, 2.05) is 0 Å². The maximum atomic E-state index is 4.55. The summed E-state index contributed by atoms with van der Waals surface area (Å²) in [5.74, 6) is 0. The lowest BCUT2D eigenvalue weighted by Crippen LogP contribution is -2.27. The molecular formula is C11H20N2. The summed E-state index contributed by atoms with van der Waals surface area (Å²) >= 11 is 0. The molecule has 0 aromatic rings. The summed E-state index contributed by atoms with van der Waals surface area (Å²) in [4.78, 5) is 4.55. The highest BCUT2D eigenvalue weighted by molar-refractivity contribution is 5.95. The van der Waals surface area contributed by atoms with E-state index in [0.29, 0.717) is 12.1 Å². The topological polar surface area (TPSA) is 24.4 Å². The summed E-state index contributed by atoms with van der Waals surface area (Å²) in [5, 5.41) is 3.43. The molecule has 0 saturated carbocycles. The second-order valence-electron chi connectivity index (χ2n) is 3.95. The second kappa shape index (κ2) is 4.56. The van der Waals surface area contributed by atoms with Crippen LogP contribution in [0.5, 0.6) is 0 Å². The molecule has 2 heteroatoms. The van der Waals surface area contributed by atoms with Crippen molar-refractivity contribution in [2.75, 3.05) is 6.54 Å². The van der Waals surface area contributed by atoms with Gasteiger partial charge in [-0.3, -0.25) is 4.99 Å². The van der Waals surface area contributed by atoms with Crippen molar-refractivity contribution in [3.8, 4) is 0 Å². The standard InChI is InChI=1S/C11H20N2/c1-5-11-10(6-9(4)13-11)7-12-8(2)3/h6,8,11-12H,5,7H2,1-4H3. The predicted molar refractivity (Wildman–Crippen MR) is 58.4 cm³/mol. The van der Waals surface area contributed by atoms with Gasteiger partial charge in [0.25, 0.3) is 0 Å². The fourth-order valence-corrected chi connectivity index (χ4v) is 1.57. The number of nitrogens with one attached hydrogen (secondary N) is 1. The van der Waals surface area contributed by atoms with Gasteiger partial charge in [-0.05, 0) is 25.0 Å². The van der Waals surface area contributed by atoms with E-state index < -0.39 is 0 Å². The van der Waals surface area contributed by atoms with Crippen molar-refractivity contribution in [3.05, 3.63) is 11.6 Å². The summed E-state index contributed by atoms with van der Waals surface area (Å²) in [6.45, 7) is 9.59. The average Bonchev–Trinajstić information content (AvgIpc) is 2.42. The lowest BCUT2D eigenvalue weighted by molar-refractivity contribution is 0.597. The van der Waals surface area contributed by atoms with Gasteiger partial charge in [-0.25, -0.2) is 0 Å². The summed E-state index contributed by atoms with van der Waals surface area (Å²) in [6.07, 6.45) is 3.33. The highest BCUT2D eigenvalue weighted by Gasteiger charge is 2.16. The van der Waals surface area contributed by atoms with E-state index in [2.05, 4.69) is 44.1 Å². The average molecular weight is 180 g/mol. The van der Waals surface area contributed by atoms with Crippen LogP contribution >= 0.6 is 0 Å². The van der Waals surface area contributed by atoms with Crippen LogP contribution in [0.25, 0.3) is 0 Å². The largest absolute Gasteiger partial charge is 0.311 e. The van der Waals surface area contributed by atoms with Crippen LogP contribution in [0.1, 0.15) is 34.1 Å². The number of hydrogen-bond acceptors (Lipinski definition) is 2. The smallest absolute Gasteiger partial charge is 0.0725 e. The van der Waals surface area contributed by atoms with E-state index in [9.17, 15) is 0 Å². The minimum absolute atomic E-state index is 0.436. The van der Waals surface area contributed by atoms with E-state index >= 15 is 0 Å². The third-order valence-electron chi connectivity index (χ3n) is 2.28. The van der Waals surface area contributed by atoms with Crippen LogP contribution in [-0.2, 0) is 0 Å². The Bertz CT molecular complexity index is 226. The maximum Gasteiger partial charge on any atom is 0.0725 e. The van der Waals surface area contributed by atoms with Gasteiger partial charge in [0.1, 0.15) is 0 Å². The van der Waals surface area contributed by atoms with E-state index in [4.69, 9.17) is 0 Å². The molecule has 1 N–H and O–H groups in total. The van der Waals surface area contributed by atoms with Crippen molar-refractivity contribution >= 4 is 5.71 Å². The molecule has 0 aromatic heterocycles. The molecule has 1 unspecified atom stereocenters. The van der Waals surface area contributed by atoms with Gasteiger partial charge in [-0.2, -0.15) is 0 Å². The van der Waals surface area contributed by atoms with Crippen molar-refractivity contribution in [1.82, 2.24) is 5.32 Å². The number of hydrogen-bond donors (Lipinski definition) is 1. The number of rotatable bonds is 4. The molecule has 0 saturated heterocycles. The highest BCUT2D eigenvalue weighted by Crippen LogP contribution is 2.16. The molecule has 2 nitrogen and oxygen atoms in total. The van der Waals surface area contributed by atoms with Crippen molar-refractivity contribution in [2.24, 2.45) is 4.99 Å². The molecule has 0 amide bonds. The van der Waals surface area contributed by atoms with E-state index in [0.717, 1.165) is 13.0 Å². The molecule has 0 bridgehead atoms. The zero-order valence-corrected chi connectivity index (χ0v) is 9.09. The Morgan fingerprint density at radius 1 is 1.54 bits per heavy atom. The predicted octanol–water partition coefficient (Wildman–Crippen LogP) is 2.16. The van der Waals surface area contributed by atoms with Gasteiger partial charge in [0, 0.05) is 18.3 Å². The summed E-state index contributed by atoms with van der Waals surface area (Å²) < 4.78 is 0. The summed E-state index contributed by atoms with van der Waals surface area (Å²) in [6, 6.07) is 0.991. The van der Waals surface area contributed by atoms with Crippen molar-refractivity contribution in [3.63, 3.8) is 0 Å². The Hall–Kier alpha value is -0.630. The molecule has 74 valence electrons. The number of allylic oxidation sites excluding steroid dienone is 1. The van der Waals surface area contributed by atoms with Crippen molar-refractivity contribution in [1.29, 1.82) is 0 Å². The lowest BCUT2D eigenvalue weighted by atomic mass is 10.1. The fourth-order valence-electron chi connectivity index (χ4n) is 1.57. The van der Waals surface area contributed by atoms with Crippen LogP contribution in [0, 0.1) is 0 Å². The van der Waals surface area contributed by atoms with Crippen LogP contribution in [0.15, 0.2) is 16.6 Å². The fraction of sp³-hybridized carbons (Fsp3) is 0.727. The SMILES string of the molecule is CCC1N=C(C)C=C1CNC(C)C. The van der Waals surface area contributed by atoms with Gasteiger partial charge in [0.05, 0.1) is 6.04 Å². The van der Waals surface area contributed by atoms with Crippen LogP contribution in [0.2, 0.25) is 0 Å². The molecule has 1 aliphatic heterocycles. The first kappa shape index (κ1) is 10.5. The van der Waals surface area contributed by atoms with Gasteiger partial charge >= 0.3 is 0 Å². The summed E-state index contributed by atoms with van der Waals surface area (Å²) in [5.41, 5.74) is 2.61. The minimum atomic E-state index is 0.436. The maximum absolute atomic E-state index is 4.55. The van der Waals surface area contributed by atoms with E-state index in [-0.39, 0.29) is 0 Å². The van der Waals surface area contributed by atoms with E-state index in [1.54, 1.807) is 0 Å². The van der Waals surface area contributed by atoms with Crippen LogP contribution in [0.4, 0.5) is 0 Å². The minimum Gasteiger partial charge on any atom is -0.311 e. The Morgan fingerprint density at radius 3 is 2.77 bits per heavy atom. The van der Waals surface area contributed by atoms with E-state index in [1.165, 1.54) is 11.3 Å². The monoisotopic (exact) mass is 180 g/mol. The molecule has 13 heavy (non-hydrogen) atoms. The highest BCUT2D eigenvalue weighted by atomic mass is 14.9. The molecule has 1 atom stereocenters. The molecular weight excluding hydrogens is 160 g/mol. The molecule has 1 aliphatic rings. The van der Waals surface area contributed by atoms with Gasteiger partial charge in [0.2, 0.25) is 0 Å². The third kappa shape index (κ3) is 2.96. The normalized spacial score (nSPS) is 22.1. The molecule has 1 heterocycles. The zero-order chi connectivity index (χ0) is 9.84. The molecule has 0 spiro atoms. The second-order valence-corrected chi connectivity index (χ2v) is 3.95. The van der Waals surface area contributed by atoms with Crippen molar-refractivity contribution in [2.45, 2.75) is 46.2 Å². The Morgan fingerprint density at radius 2 is 2.23 bits per heavy atom. The van der Waals surface area contributed by atoms with Gasteiger partial charge in [0.15, 0.2) is 0 Å². The quantitative estimate of drug-likeness (QED) is 0.704. The Balaban J connectivity index is 2.47. The zero-order valence-electron chi connectivity index (χ0n) is 9.09. The van der Waals surface area contributed by atoms with Gasteiger partial charge in [-0.1, -0.05) is 20.8 Å². The Kier molecular flexibility index (Phi) is 3.67. The summed E-state index contributed by atoms with van der Waals surface area (Å²) in [7, 11) is 0. The molecule has 0 aliphatic carbocycles. The van der Waals surface area contributed by atoms with Crippen LogP contribution in [-0.4, -0.2) is 24.3 Å². The van der Waals surface area contributed by atoms with Gasteiger partial charge in [-0.15, -0.1) is 0 Å². The molecule has 0 fully saturated rings. The van der Waals surface area contributed by atoms with Crippen molar-refractivity contribution < 1.29 is 0 Å². The molecule has 0 radical (unpaired) electrons. The number of nitrogens with zero attached hydrogens (tertiary/aromatic N) is 1. The first-order valence-corrected chi connectivity index (χ1v) is 5.11. The third-order valence-corrected chi connectivity index (χ3v) is 2.28. The Labute approximate surface area is 81.1 Å². The first-order chi connectivity index (χ1) is 6.13. The number of aliphatic imine (C=N–C) groups is 1. The van der Waals surface area contributed by atoms with Crippen LogP contribution < -0.4 is 5.32 Å². The van der Waals surface area contributed by atoms with Crippen LogP contribution in [0.3, 0.4) is 0 Å². The molecule has 0 aromatic carbocycles. The first-order valence-electron chi connectivity index (χ1n) is 5.11.